The molecule has 1 amide bonds. The number of aryl methyl sites for hydroxylation is 1. The Kier molecular flexibility index (Phi) is 5.57. The Bertz CT molecular complexity index is 686. The summed E-state index contributed by atoms with van der Waals surface area (Å²) in [7, 11) is 0. The number of nitrogens with two attached hydrogens (primary N) is 1. The lowest BCUT2D eigenvalue weighted by Crippen LogP contribution is -2.12. The van der Waals surface area contributed by atoms with Crippen LogP contribution >= 0.6 is 0 Å². The topological polar surface area (TPSA) is 64.3 Å². The maximum atomic E-state index is 13.1. The van der Waals surface area contributed by atoms with E-state index in [1.54, 1.807) is 12.1 Å². The number of halogens is 1. The van der Waals surface area contributed by atoms with Crippen molar-refractivity contribution in [3.63, 3.8) is 0 Å². The first-order valence-corrected chi connectivity index (χ1v) is 7.54. The maximum absolute atomic E-state index is 13.1. The van der Waals surface area contributed by atoms with Crippen molar-refractivity contribution < 1.29 is 13.9 Å². The molecule has 0 atom stereocenters. The summed E-state index contributed by atoms with van der Waals surface area (Å²) in [5.41, 5.74) is 7.91. The zero-order chi connectivity index (χ0) is 16.8. The van der Waals surface area contributed by atoms with Crippen LogP contribution in [-0.2, 0) is 11.2 Å². The van der Waals surface area contributed by atoms with Gasteiger partial charge in [0.2, 0.25) is 5.91 Å². The van der Waals surface area contributed by atoms with E-state index in [2.05, 4.69) is 5.32 Å². The highest BCUT2D eigenvalue weighted by molar-refractivity contribution is 5.90. The van der Waals surface area contributed by atoms with Crippen LogP contribution in [0.1, 0.15) is 25.8 Å². The highest BCUT2D eigenvalue weighted by atomic mass is 19.1. The first-order chi connectivity index (χ1) is 10.9. The quantitative estimate of drug-likeness (QED) is 0.797. The number of anilines is 2. The molecule has 2 aromatic rings. The molecular weight excluding hydrogens is 295 g/mol. The van der Waals surface area contributed by atoms with Crippen molar-refractivity contribution in [2.45, 2.75) is 32.8 Å². The lowest BCUT2D eigenvalue weighted by molar-refractivity contribution is -0.116. The number of carbonyl (C=O) groups excluding carboxylic acids is 1. The predicted octanol–water partition coefficient (Wildman–Crippen LogP) is 3.77. The van der Waals surface area contributed by atoms with Gasteiger partial charge in [0.25, 0.3) is 0 Å². The van der Waals surface area contributed by atoms with E-state index in [0.29, 0.717) is 30.0 Å². The van der Waals surface area contributed by atoms with Gasteiger partial charge in [-0.15, -0.1) is 0 Å². The normalized spacial score (nSPS) is 10.6. The third kappa shape index (κ3) is 5.29. The molecule has 0 bridgehead atoms. The molecule has 0 saturated heterocycles. The van der Waals surface area contributed by atoms with Crippen molar-refractivity contribution >= 4 is 17.3 Å². The lowest BCUT2D eigenvalue weighted by Gasteiger charge is -2.13. The molecule has 0 radical (unpaired) electrons. The molecule has 4 nitrogen and oxygen atoms in total. The number of amides is 1. The van der Waals surface area contributed by atoms with E-state index in [1.807, 2.05) is 32.0 Å². The third-order valence-corrected chi connectivity index (χ3v) is 3.19. The fourth-order valence-corrected chi connectivity index (χ4v) is 2.16. The molecule has 23 heavy (non-hydrogen) atoms. The number of carbonyl (C=O) groups is 1. The Morgan fingerprint density at radius 3 is 2.70 bits per heavy atom. The number of hydrogen-bond donors (Lipinski definition) is 2. The van der Waals surface area contributed by atoms with E-state index >= 15 is 0 Å². The number of rotatable bonds is 6. The van der Waals surface area contributed by atoms with Crippen LogP contribution < -0.4 is 15.8 Å². The van der Waals surface area contributed by atoms with Gasteiger partial charge in [-0.3, -0.25) is 4.79 Å². The largest absolute Gasteiger partial charge is 0.489 e. The minimum atomic E-state index is -0.378. The summed E-state index contributed by atoms with van der Waals surface area (Å²) in [5, 5.41) is 2.67. The van der Waals surface area contributed by atoms with Crippen LogP contribution in [0.25, 0.3) is 0 Å². The SMILES string of the molecule is CC(C)Oc1ccc(CCC(=O)Nc2cccc(F)c2)cc1N. The first-order valence-electron chi connectivity index (χ1n) is 7.54. The number of ether oxygens (including phenoxy) is 1. The van der Waals surface area contributed by atoms with Crippen LogP contribution in [0, 0.1) is 5.82 Å². The second kappa shape index (κ2) is 7.63. The minimum Gasteiger partial charge on any atom is -0.489 e. The van der Waals surface area contributed by atoms with Crippen LogP contribution in [-0.4, -0.2) is 12.0 Å². The number of benzene rings is 2. The monoisotopic (exact) mass is 316 g/mol. The molecule has 0 unspecified atom stereocenters. The van der Waals surface area contributed by atoms with Crippen molar-refractivity contribution in [1.29, 1.82) is 0 Å². The molecule has 0 saturated carbocycles. The van der Waals surface area contributed by atoms with Crippen LogP contribution in [0.5, 0.6) is 5.75 Å². The van der Waals surface area contributed by atoms with E-state index < -0.39 is 0 Å². The Hall–Kier alpha value is -2.56. The smallest absolute Gasteiger partial charge is 0.224 e. The van der Waals surface area contributed by atoms with Gasteiger partial charge in [-0.2, -0.15) is 0 Å². The van der Waals surface area contributed by atoms with Gasteiger partial charge in [0.15, 0.2) is 0 Å². The third-order valence-electron chi connectivity index (χ3n) is 3.19. The molecule has 0 aliphatic rings. The van der Waals surface area contributed by atoms with Crippen LogP contribution in [0.4, 0.5) is 15.8 Å². The zero-order valence-corrected chi connectivity index (χ0v) is 13.3. The van der Waals surface area contributed by atoms with E-state index in [9.17, 15) is 9.18 Å². The predicted molar refractivity (Wildman–Crippen MR) is 90.0 cm³/mol. The summed E-state index contributed by atoms with van der Waals surface area (Å²) in [5.74, 6) is 0.0981. The zero-order valence-electron chi connectivity index (χ0n) is 13.3. The summed E-state index contributed by atoms with van der Waals surface area (Å²) in [6, 6.07) is 11.3. The average Bonchev–Trinajstić information content (AvgIpc) is 2.47. The van der Waals surface area contributed by atoms with Gasteiger partial charge in [0.05, 0.1) is 11.8 Å². The van der Waals surface area contributed by atoms with Crippen molar-refractivity contribution in [3.05, 3.63) is 53.8 Å². The summed E-state index contributed by atoms with van der Waals surface area (Å²) >= 11 is 0. The highest BCUT2D eigenvalue weighted by Crippen LogP contribution is 2.24. The molecule has 2 rings (SSSR count). The van der Waals surface area contributed by atoms with E-state index in [0.717, 1.165) is 5.56 Å². The Morgan fingerprint density at radius 2 is 2.04 bits per heavy atom. The Morgan fingerprint density at radius 1 is 1.26 bits per heavy atom. The molecule has 5 heteroatoms. The minimum absolute atomic E-state index is 0.0557. The molecular formula is C18H21FN2O2. The van der Waals surface area contributed by atoms with Gasteiger partial charge in [0.1, 0.15) is 11.6 Å². The van der Waals surface area contributed by atoms with Crippen molar-refractivity contribution in [3.8, 4) is 5.75 Å². The molecule has 0 aliphatic carbocycles. The first kappa shape index (κ1) is 16.8. The molecule has 0 heterocycles. The van der Waals surface area contributed by atoms with Crippen LogP contribution in [0.3, 0.4) is 0 Å². The molecule has 0 aliphatic heterocycles. The molecule has 122 valence electrons. The van der Waals surface area contributed by atoms with Crippen LogP contribution in [0.2, 0.25) is 0 Å². The fourth-order valence-electron chi connectivity index (χ4n) is 2.16. The maximum Gasteiger partial charge on any atom is 0.224 e. The number of hydrogen-bond acceptors (Lipinski definition) is 3. The van der Waals surface area contributed by atoms with Crippen molar-refractivity contribution in [2.75, 3.05) is 11.1 Å². The van der Waals surface area contributed by atoms with Gasteiger partial charge in [0, 0.05) is 12.1 Å². The van der Waals surface area contributed by atoms with E-state index in [4.69, 9.17) is 10.5 Å². The Labute approximate surface area is 135 Å². The van der Waals surface area contributed by atoms with Gasteiger partial charge < -0.3 is 15.8 Å². The molecule has 3 N–H and O–H groups in total. The second-order valence-corrected chi connectivity index (χ2v) is 5.60. The van der Waals surface area contributed by atoms with Gasteiger partial charge in [-0.25, -0.2) is 4.39 Å². The van der Waals surface area contributed by atoms with Gasteiger partial charge >= 0.3 is 0 Å². The number of nitrogen functional groups attached to an aromatic ring is 1. The average molecular weight is 316 g/mol. The number of nitrogens with one attached hydrogen (secondary N) is 1. The Balaban J connectivity index is 1.90. The lowest BCUT2D eigenvalue weighted by atomic mass is 10.1. The molecule has 0 aromatic heterocycles. The molecule has 0 fully saturated rings. The van der Waals surface area contributed by atoms with E-state index in [-0.39, 0.29) is 17.8 Å². The van der Waals surface area contributed by atoms with Crippen molar-refractivity contribution in [2.24, 2.45) is 0 Å². The summed E-state index contributed by atoms with van der Waals surface area (Å²) in [6.07, 6.45) is 0.897. The summed E-state index contributed by atoms with van der Waals surface area (Å²) < 4.78 is 18.6. The van der Waals surface area contributed by atoms with Gasteiger partial charge in [-0.1, -0.05) is 12.1 Å². The molecule has 2 aromatic carbocycles. The second-order valence-electron chi connectivity index (χ2n) is 5.60. The van der Waals surface area contributed by atoms with Crippen LogP contribution in [0.15, 0.2) is 42.5 Å². The van der Waals surface area contributed by atoms with Crippen molar-refractivity contribution in [1.82, 2.24) is 0 Å². The summed E-state index contributed by atoms with van der Waals surface area (Å²) in [4.78, 5) is 11.9. The fraction of sp³-hybridized carbons (Fsp3) is 0.278. The van der Waals surface area contributed by atoms with Gasteiger partial charge in [-0.05, 0) is 56.2 Å². The standard InChI is InChI=1S/C18H21FN2O2/c1-12(2)23-17-8-6-13(10-16(17)20)7-9-18(22)21-15-5-3-4-14(19)11-15/h3-6,8,10-12H,7,9,20H2,1-2H3,(H,21,22). The highest BCUT2D eigenvalue weighted by Gasteiger charge is 2.07. The molecule has 0 spiro atoms. The van der Waals surface area contributed by atoms with E-state index in [1.165, 1.54) is 12.1 Å². The summed E-state index contributed by atoms with van der Waals surface area (Å²) in [6.45, 7) is 3.87.